The summed E-state index contributed by atoms with van der Waals surface area (Å²) in [6, 6.07) is 8.04. The van der Waals surface area contributed by atoms with Crippen LogP contribution in [-0.2, 0) is 16.2 Å². The maximum absolute atomic E-state index is 13.9. The summed E-state index contributed by atoms with van der Waals surface area (Å²) in [4.78, 5) is -0.216. The minimum atomic E-state index is -4.92. The molecule has 0 saturated carbocycles. The third-order valence-electron chi connectivity index (χ3n) is 2.67. The molecule has 1 N–H and O–H groups in total. The SMILES string of the molecule is O=S(=O)(Nc1cccc(C(F)(F)F)c1F)c1ccccc1Br. The fraction of sp³-hybridized carbons (Fsp3) is 0.0769. The van der Waals surface area contributed by atoms with E-state index in [9.17, 15) is 26.0 Å². The van der Waals surface area contributed by atoms with E-state index in [-0.39, 0.29) is 9.37 Å². The molecule has 0 amide bonds. The van der Waals surface area contributed by atoms with Crippen molar-refractivity contribution in [2.75, 3.05) is 4.72 Å². The van der Waals surface area contributed by atoms with Crippen molar-refractivity contribution in [1.82, 2.24) is 0 Å². The van der Waals surface area contributed by atoms with Gasteiger partial charge in [-0.1, -0.05) is 18.2 Å². The predicted molar refractivity (Wildman–Crippen MR) is 76.4 cm³/mol. The number of sulfonamides is 1. The van der Waals surface area contributed by atoms with E-state index in [0.29, 0.717) is 6.07 Å². The van der Waals surface area contributed by atoms with Crippen molar-refractivity contribution in [3.8, 4) is 0 Å². The lowest BCUT2D eigenvalue weighted by atomic mass is 10.2. The van der Waals surface area contributed by atoms with E-state index in [1.807, 2.05) is 4.72 Å². The summed E-state index contributed by atoms with van der Waals surface area (Å²) < 4.78 is 78.0. The molecule has 0 aromatic heterocycles. The molecule has 2 rings (SSSR count). The Balaban J connectivity index is 2.46. The van der Waals surface area contributed by atoms with Gasteiger partial charge in [0.25, 0.3) is 10.0 Å². The third-order valence-corrected chi connectivity index (χ3v) is 5.05. The Morgan fingerprint density at radius 3 is 2.23 bits per heavy atom. The molecule has 2 aromatic rings. The molecule has 22 heavy (non-hydrogen) atoms. The van der Waals surface area contributed by atoms with Crippen LogP contribution in [0.4, 0.5) is 23.2 Å². The molecule has 2 aromatic carbocycles. The molecule has 0 spiro atoms. The summed E-state index contributed by atoms with van der Waals surface area (Å²) in [5, 5.41) is 0. The summed E-state index contributed by atoms with van der Waals surface area (Å²) in [7, 11) is -4.23. The van der Waals surface area contributed by atoms with E-state index in [1.54, 1.807) is 6.07 Å². The summed E-state index contributed by atoms with van der Waals surface area (Å²) in [6.45, 7) is 0. The first-order valence-corrected chi connectivity index (χ1v) is 8.03. The quantitative estimate of drug-likeness (QED) is 0.779. The van der Waals surface area contributed by atoms with Crippen LogP contribution in [0.5, 0.6) is 0 Å². The summed E-state index contributed by atoms with van der Waals surface area (Å²) in [5.41, 5.74) is -2.31. The summed E-state index contributed by atoms with van der Waals surface area (Å²) in [6.07, 6.45) is -4.92. The topological polar surface area (TPSA) is 46.2 Å². The van der Waals surface area contributed by atoms with Gasteiger partial charge in [-0.2, -0.15) is 13.2 Å². The van der Waals surface area contributed by atoms with Crippen molar-refractivity contribution in [3.63, 3.8) is 0 Å². The van der Waals surface area contributed by atoms with Crippen LogP contribution in [0.2, 0.25) is 0 Å². The van der Waals surface area contributed by atoms with Crippen molar-refractivity contribution in [1.29, 1.82) is 0 Å². The highest BCUT2D eigenvalue weighted by Crippen LogP contribution is 2.34. The van der Waals surface area contributed by atoms with Gasteiger partial charge in [0.15, 0.2) is 5.82 Å². The van der Waals surface area contributed by atoms with E-state index in [0.717, 1.165) is 12.1 Å². The zero-order valence-electron chi connectivity index (χ0n) is 10.7. The van der Waals surface area contributed by atoms with Crippen LogP contribution in [0.3, 0.4) is 0 Å². The molecule has 0 aliphatic rings. The van der Waals surface area contributed by atoms with E-state index < -0.39 is 33.3 Å². The van der Waals surface area contributed by atoms with E-state index >= 15 is 0 Å². The minimum absolute atomic E-state index is 0.204. The van der Waals surface area contributed by atoms with Crippen LogP contribution in [0.15, 0.2) is 51.8 Å². The van der Waals surface area contributed by atoms with Crippen LogP contribution in [-0.4, -0.2) is 8.42 Å². The highest BCUT2D eigenvalue weighted by atomic mass is 79.9. The maximum Gasteiger partial charge on any atom is 0.419 e. The van der Waals surface area contributed by atoms with Gasteiger partial charge < -0.3 is 0 Å². The molecule has 0 unspecified atom stereocenters. The Morgan fingerprint density at radius 1 is 1.00 bits per heavy atom. The number of rotatable bonds is 3. The number of hydrogen-bond acceptors (Lipinski definition) is 2. The van der Waals surface area contributed by atoms with Gasteiger partial charge in [-0.3, -0.25) is 4.72 Å². The first-order chi connectivity index (χ1) is 10.1. The number of hydrogen-bond donors (Lipinski definition) is 1. The second kappa shape index (κ2) is 5.88. The van der Waals surface area contributed by atoms with Gasteiger partial charge >= 0.3 is 6.18 Å². The number of halogens is 5. The Bertz CT molecular complexity index is 806. The van der Waals surface area contributed by atoms with Crippen molar-refractivity contribution < 1.29 is 26.0 Å². The Kier molecular flexibility index (Phi) is 4.48. The van der Waals surface area contributed by atoms with E-state index in [4.69, 9.17) is 0 Å². The number of benzene rings is 2. The first-order valence-electron chi connectivity index (χ1n) is 5.76. The summed E-state index contributed by atoms with van der Waals surface area (Å²) in [5.74, 6) is -1.68. The zero-order chi connectivity index (χ0) is 16.5. The zero-order valence-corrected chi connectivity index (χ0v) is 13.1. The molecule has 0 radical (unpaired) electrons. The lowest BCUT2D eigenvalue weighted by Crippen LogP contribution is -2.16. The fourth-order valence-electron chi connectivity index (χ4n) is 1.69. The van der Waals surface area contributed by atoms with Gasteiger partial charge in [0.05, 0.1) is 11.3 Å². The molecule has 0 fully saturated rings. The van der Waals surface area contributed by atoms with Crippen LogP contribution in [0.1, 0.15) is 5.56 Å². The van der Waals surface area contributed by atoms with E-state index in [1.165, 1.54) is 18.2 Å². The van der Waals surface area contributed by atoms with Crippen LogP contribution < -0.4 is 4.72 Å². The molecule has 0 heterocycles. The highest BCUT2D eigenvalue weighted by Gasteiger charge is 2.35. The van der Waals surface area contributed by atoms with Crippen molar-refractivity contribution >= 4 is 31.6 Å². The smallest absolute Gasteiger partial charge is 0.277 e. The van der Waals surface area contributed by atoms with Gasteiger partial charge in [-0.25, -0.2) is 12.8 Å². The number of alkyl halides is 3. The Morgan fingerprint density at radius 2 is 1.64 bits per heavy atom. The standard InChI is InChI=1S/C13H8BrF4NO2S/c14-9-5-1-2-7-11(9)22(20,21)19-10-6-3-4-8(12(10)15)13(16,17)18/h1-7,19H. The van der Waals surface area contributed by atoms with E-state index in [2.05, 4.69) is 15.9 Å². The van der Waals surface area contributed by atoms with Crippen LogP contribution >= 0.6 is 15.9 Å². The normalized spacial score (nSPS) is 12.2. The Hall–Kier alpha value is -1.61. The molecule has 0 saturated heterocycles. The maximum atomic E-state index is 13.9. The van der Waals surface area contributed by atoms with Gasteiger partial charge in [0.2, 0.25) is 0 Å². The largest absolute Gasteiger partial charge is 0.419 e. The van der Waals surface area contributed by atoms with Crippen LogP contribution in [0.25, 0.3) is 0 Å². The van der Waals surface area contributed by atoms with Gasteiger partial charge in [-0.15, -0.1) is 0 Å². The molecular formula is C13H8BrF4NO2S. The minimum Gasteiger partial charge on any atom is -0.277 e. The monoisotopic (exact) mass is 397 g/mol. The molecule has 3 nitrogen and oxygen atoms in total. The third kappa shape index (κ3) is 3.41. The molecule has 0 aliphatic heterocycles. The predicted octanol–water partition coefficient (Wildman–Crippen LogP) is 4.41. The molecule has 0 atom stereocenters. The fourth-order valence-corrected chi connectivity index (χ4v) is 3.76. The molecule has 0 aliphatic carbocycles. The lowest BCUT2D eigenvalue weighted by Gasteiger charge is -2.13. The average Bonchev–Trinajstić information content (AvgIpc) is 2.40. The second-order valence-corrected chi connectivity index (χ2v) is 6.71. The lowest BCUT2D eigenvalue weighted by molar-refractivity contribution is -0.139. The molecule has 9 heteroatoms. The average molecular weight is 398 g/mol. The summed E-state index contributed by atoms with van der Waals surface area (Å²) >= 11 is 3.02. The molecular weight excluding hydrogens is 390 g/mol. The number of nitrogens with one attached hydrogen (secondary N) is 1. The van der Waals surface area contributed by atoms with Crippen molar-refractivity contribution in [3.05, 3.63) is 58.3 Å². The van der Waals surface area contributed by atoms with Gasteiger partial charge in [0, 0.05) is 4.47 Å². The Labute approximate surface area is 132 Å². The number of anilines is 1. The first kappa shape index (κ1) is 16.8. The highest BCUT2D eigenvalue weighted by molar-refractivity contribution is 9.10. The van der Waals surface area contributed by atoms with Crippen LogP contribution in [0, 0.1) is 5.82 Å². The molecule has 0 bridgehead atoms. The molecule has 118 valence electrons. The van der Waals surface area contributed by atoms with Gasteiger partial charge in [-0.05, 0) is 40.2 Å². The van der Waals surface area contributed by atoms with Gasteiger partial charge in [0.1, 0.15) is 4.90 Å². The second-order valence-electron chi connectivity index (χ2n) is 4.20. The van der Waals surface area contributed by atoms with Crippen molar-refractivity contribution in [2.24, 2.45) is 0 Å². The van der Waals surface area contributed by atoms with Crippen molar-refractivity contribution in [2.45, 2.75) is 11.1 Å².